The highest BCUT2D eigenvalue weighted by atomic mass is 32.1. The molecule has 0 nitrogen and oxygen atoms in total. The summed E-state index contributed by atoms with van der Waals surface area (Å²) in [6.07, 6.45) is 12.6. The number of unbranched alkanes of at least 4 members (excludes halogenated alkanes) is 7. The van der Waals surface area contributed by atoms with Crippen molar-refractivity contribution in [3.63, 3.8) is 0 Å². The van der Waals surface area contributed by atoms with Crippen LogP contribution in [0.25, 0.3) is 0 Å². The first-order valence-electron chi connectivity index (χ1n) is 8.12. The summed E-state index contributed by atoms with van der Waals surface area (Å²) in [6, 6.07) is 2.42. The Morgan fingerprint density at radius 3 is 2.00 bits per heavy atom. The average molecular weight is 281 g/mol. The molecule has 19 heavy (non-hydrogen) atoms. The monoisotopic (exact) mass is 280 g/mol. The second kappa shape index (κ2) is 8.79. The molecule has 0 aromatic carbocycles. The molecule has 0 saturated heterocycles. The minimum absolute atomic E-state index is 0.322. The number of hydrogen-bond donors (Lipinski definition) is 0. The van der Waals surface area contributed by atoms with E-state index in [4.69, 9.17) is 0 Å². The molecular formula is C18H32S. The van der Waals surface area contributed by atoms with Gasteiger partial charge in [0, 0.05) is 4.88 Å². The maximum atomic E-state index is 2.42. The SMILES string of the molecule is CCCCCCCCCCc1csc(C(C)(C)C)c1. The zero-order valence-electron chi connectivity index (χ0n) is 13.4. The van der Waals surface area contributed by atoms with Crippen LogP contribution in [0.2, 0.25) is 0 Å². The highest BCUT2D eigenvalue weighted by molar-refractivity contribution is 7.10. The minimum atomic E-state index is 0.322. The smallest absolute Gasteiger partial charge is 0.0102 e. The van der Waals surface area contributed by atoms with Gasteiger partial charge >= 0.3 is 0 Å². The maximum absolute atomic E-state index is 2.42. The van der Waals surface area contributed by atoms with Crippen molar-refractivity contribution < 1.29 is 0 Å². The van der Waals surface area contributed by atoms with Crippen molar-refractivity contribution in [3.05, 3.63) is 21.9 Å². The number of hydrogen-bond acceptors (Lipinski definition) is 1. The van der Waals surface area contributed by atoms with E-state index in [1.165, 1.54) is 62.7 Å². The molecule has 0 aliphatic rings. The van der Waals surface area contributed by atoms with Crippen molar-refractivity contribution in [2.75, 3.05) is 0 Å². The molecule has 0 aliphatic heterocycles. The maximum Gasteiger partial charge on any atom is 0.0102 e. The van der Waals surface area contributed by atoms with Crippen LogP contribution in [0.3, 0.4) is 0 Å². The number of rotatable bonds is 9. The Balaban J connectivity index is 2.08. The van der Waals surface area contributed by atoms with Gasteiger partial charge in [-0.3, -0.25) is 0 Å². The van der Waals surface area contributed by atoms with Gasteiger partial charge in [0.2, 0.25) is 0 Å². The second-order valence-corrected chi connectivity index (χ2v) is 7.71. The van der Waals surface area contributed by atoms with E-state index >= 15 is 0 Å². The fraction of sp³-hybridized carbons (Fsp3) is 0.778. The first kappa shape index (κ1) is 16.8. The van der Waals surface area contributed by atoms with Gasteiger partial charge in [-0.2, -0.15) is 0 Å². The molecule has 0 N–H and O–H groups in total. The molecule has 1 heterocycles. The summed E-state index contributed by atoms with van der Waals surface area (Å²) in [4.78, 5) is 1.53. The summed E-state index contributed by atoms with van der Waals surface area (Å²) >= 11 is 1.93. The summed E-state index contributed by atoms with van der Waals surface area (Å²) < 4.78 is 0. The van der Waals surface area contributed by atoms with Gasteiger partial charge in [-0.05, 0) is 35.3 Å². The van der Waals surface area contributed by atoms with Gasteiger partial charge in [0.1, 0.15) is 0 Å². The van der Waals surface area contributed by atoms with E-state index in [0.29, 0.717) is 5.41 Å². The molecular weight excluding hydrogens is 248 g/mol. The van der Waals surface area contributed by atoms with Crippen LogP contribution in [0.5, 0.6) is 0 Å². The van der Waals surface area contributed by atoms with E-state index in [2.05, 4.69) is 39.1 Å². The Morgan fingerprint density at radius 2 is 1.47 bits per heavy atom. The largest absolute Gasteiger partial charge is 0.148 e. The fourth-order valence-corrected chi connectivity index (χ4v) is 3.40. The Kier molecular flexibility index (Phi) is 7.75. The first-order chi connectivity index (χ1) is 9.04. The van der Waals surface area contributed by atoms with E-state index in [1.807, 2.05) is 11.3 Å². The van der Waals surface area contributed by atoms with Crippen LogP contribution in [0, 0.1) is 0 Å². The highest BCUT2D eigenvalue weighted by Gasteiger charge is 2.15. The third kappa shape index (κ3) is 7.15. The van der Waals surface area contributed by atoms with Crippen molar-refractivity contribution in [3.8, 4) is 0 Å². The van der Waals surface area contributed by atoms with Crippen molar-refractivity contribution in [2.45, 2.75) is 90.9 Å². The van der Waals surface area contributed by atoms with Crippen molar-refractivity contribution in [2.24, 2.45) is 0 Å². The normalized spacial score (nSPS) is 12.0. The van der Waals surface area contributed by atoms with Crippen LogP contribution in [-0.4, -0.2) is 0 Å². The van der Waals surface area contributed by atoms with Crippen LogP contribution in [0.4, 0.5) is 0 Å². The van der Waals surface area contributed by atoms with Gasteiger partial charge in [-0.15, -0.1) is 11.3 Å². The molecule has 0 radical (unpaired) electrons. The Labute approximate surface area is 124 Å². The summed E-state index contributed by atoms with van der Waals surface area (Å²) in [5.74, 6) is 0. The molecule has 0 saturated carbocycles. The average Bonchev–Trinajstić information content (AvgIpc) is 2.81. The molecule has 1 rings (SSSR count). The first-order valence-corrected chi connectivity index (χ1v) is 9.00. The van der Waals surface area contributed by atoms with Crippen LogP contribution < -0.4 is 0 Å². The highest BCUT2D eigenvalue weighted by Crippen LogP contribution is 2.29. The Morgan fingerprint density at radius 1 is 0.895 bits per heavy atom. The lowest BCUT2D eigenvalue weighted by Crippen LogP contribution is -2.07. The molecule has 1 aromatic heterocycles. The van der Waals surface area contributed by atoms with Crippen molar-refractivity contribution >= 4 is 11.3 Å². The van der Waals surface area contributed by atoms with Gasteiger partial charge in [0.25, 0.3) is 0 Å². The molecule has 0 bridgehead atoms. The van der Waals surface area contributed by atoms with Gasteiger partial charge in [0.05, 0.1) is 0 Å². The third-order valence-electron chi connectivity index (χ3n) is 3.71. The van der Waals surface area contributed by atoms with Crippen molar-refractivity contribution in [1.82, 2.24) is 0 Å². The van der Waals surface area contributed by atoms with E-state index in [-0.39, 0.29) is 0 Å². The van der Waals surface area contributed by atoms with Crippen LogP contribution in [0.15, 0.2) is 11.4 Å². The zero-order valence-corrected chi connectivity index (χ0v) is 14.2. The second-order valence-electron chi connectivity index (χ2n) is 6.79. The molecule has 0 unspecified atom stereocenters. The quantitative estimate of drug-likeness (QED) is 0.440. The molecule has 0 aliphatic carbocycles. The Hall–Kier alpha value is -0.300. The molecule has 0 atom stereocenters. The van der Waals surface area contributed by atoms with Crippen LogP contribution in [0.1, 0.15) is 89.5 Å². The molecule has 0 spiro atoms. The molecule has 0 amide bonds. The lowest BCUT2D eigenvalue weighted by Gasteiger charge is -2.15. The van der Waals surface area contributed by atoms with Crippen molar-refractivity contribution in [1.29, 1.82) is 0 Å². The molecule has 1 aromatic rings. The van der Waals surface area contributed by atoms with E-state index in [1.54, 1.807) is 5.56 Å². The predicted octanol–water partition coefficient (Wildman–Crippen LogP) is 6.73. The Bertz CT molecular complexity index is 330. The number of thiophene rings is 1. The van der Waals surface area contributed by atoms with Gasteiger partial charge < -0.3 is 0 Å². The van der Waals surface area contributed by atoms with E-state index in [9.17, 15) is 0 Å². The summed E-state index contributed by atoms with van der Waals surface area (Å²) in [5, 5.41) is 2.36. The van der Waals surface area contributed by atoms with Gasteiger partial charge in [0.15, 0.2) is 0 Å². The summed E-state index contributed by atoms with van der Waals surface area (Å²) in [6.45, 7) is 9.20. The number of aryl methyl sites for hydroxylation is 1. The van der Waals surface area contributed by atoms with Crippen LogP contribution >= 0.6 is 11.3 Å². The standard InChI is InChI=1S/C18H32S/c1-5-6-7-8-9-10-11-12-13-16-14-17(19-15-16)18(2,3)4/h14-15H,5-13H2,1-4H3. The van der Waals surface area contributed by atoms with Gasteiger partial charge in [-0.25, -0.2) is 0 Å². The van der Waals surface area contributed by atoms with Gasteiger partial charge in [-0.1, -0.05) is 72.6 Å². The third-order valence-corrected chi connectivity index (χ3v) is 5.12. The molecule has 1 heteroatoms. The fourth-order valence-electron chi connectivity index (χ4n) is 2.36. The lowest BCUT2D eigenvalue weighted by molar-refractivity contribution is 0.575. The van der Waals surface area contributed by atoms with Crippen LogP contribution in [-0.2, 0) is 11.8 Å². The molecule has 110 valence electrons. The lowest BCUT2D eigenvalue weighted by atomic mass is 9.94. The van der Waals surface area contributed by atoms with E-state index in [0.717, 1.165) is 0 Å². The summed E-state index contributed by atoms with van der Waals surface area (Å²) in [5.41, 5.74) is 1.88. The minimum Gasteiger partial charge on any atom is -0.148 e. The zero-order chi connectivity index (χ0) is 14.1. The predicted molar refractivity (Wildman–Crippen MR) is 89.3 cm³/mol. The van der Waals surface area contributed by atoms with E-state index < -0.39 is 0 Å². The topological polar surface area (TPSA) is 0 Å². The summed E-state index contributed by atoms with van der Waals surface area (Å²) in [7, 11) is 0. The molecule has 0 fully saturated rings.